The van der Waals surface area contributed by atoms with Crippen molar-refractivity contribution in [2.75, 3.05) is 0 Å². The lowest BCUT2D eigenvalue weighted by Crippen LogP contribution is -2.33. The van der Waals surface area contributed by atoms with Crippen molar-refractivity contribution in [1.82, 2.24) is 9.97 Å². The molecule has 0 spiro atoms. The predicted molar refractivity (Wildman–Crippen MR) is 78.6 cm³/mol. The van der Waals surface area contributed by atoms with Gasteiger partial charge in [-0.1, -0.05) is 6.07 Å². The van der Waals surface area contributed by atoms with E-state index in [0.717, 1.165) is 18.6 Å². The van der Waals surface area contributed by atoms with E-state index in [1.54, 1.807) is 0 Å². The Labute approximate surface area is 135 Å². The normalized spacial score (nSPS) is 16.5. The van der Waals surface area contributed by atoms with Crippen LogP contribution < -0.4 is 0 Å². The third-order valence-electron chi connectivity index (χ3n) is 4.19. The first kappa shape index (κ1) is 15.8. The third-order valence-corrected chi connectivity index (χ3v) is 4.37. The monoisotopic (exact) mass is 337 g/mol. The summed E-state index contributed by atoms with van der Waals surface area (Å²) in [6.07, 6.45) is -0.960. The highest BCUT2D eigenvalue weighted by molar-refractivity contribution is 6.28. The van der Waals surface area contributed by atoms with Gasteiger partial charge < -0.3 is 0 Å². The molecule has 7 heteroatoms. The van der Waals surface area contributed by atoms with E-state index in [1.165, 1.54) is 18.3 Å². The van der Waals surface area contributed by atoms with Crippen molar-refractivity contribution < 1.29 is 13.2 Å². The Kier molecular flexibility index (Phi) is 3.77. The summed E-state index contributed by atoms with van der Waals surface area (Å²) in [5.41, 5.74) is -0.401. The Balaban J connectivity index is 2.23. The lowest BCUT2D eigenvalue weighted by Gasteiger charge is -2.37. The number of hydrogen-bond donors (Lipinski definition) is 0. The number of halogens is 4. The molecule has 118 valence electrons. The minimum atomic E-state index is -4.47. The van der Waals surface area contributed by atoms with E-state index in [2.05, 4.69) is 16.0 Å². The largest absolute Gasteiger partial charge is 0.416 e. The standard InChI is InChI=1S/C16H11ClF3N3/c17-14-22-7-4-13(23-14)11-8-10(16(18,19)20)2-3-12(11)15(9-21)5-1-6-15/h2-4,7-8H,1,5-6H2. The Hall–Kier alpha value is -2.13. The number of rotatable bonds is 2. The molecule has 0 amide bonds. The number of benzene rings is 1. The fraction of sp³-hybridized carbons (Fsp3) is 0.312. The van der Waals surface area contributed by atoms with Crippen molar-refractivity contribution in [2.24, 2.45) is 0 Å². The van der Waals surface area contributed by atoms with Crippen LogP contribution in [0.3, 0.4) is 0 Å². The number of nitrogens with zero attached hydrogens (tertiary/aromatic N) is 3. The van der Waals surface area contributed by atoms with Crippen molar-refractivity contribution in [3.8, 4) is 17.3 Å². The maximum atomic E-state index is 13.0. The van der Waals surface area contributed by atoms with Gasteiger partial charge in [-0.2, -0.15) is 18.4 Å². The lowest BCUT2D eigenvalue weighted by atomic mass is 9.64. The van der Waals surface area contributed by atoms with Gasteiger partial charge in [-0.3, -0.25) is 0 Å². The van der Waals surface area contributed by atoms with Gasteiger partial charge in [0.05, 0.1) is 22.7 Å². The molecule has 1 fully saturated rings. The summed E-state index contributed by atoms with van der Waals surface area (Å²) >= 11 is 5.76. The molecule has 2 aromatic rings. The van der Waals surface area contributed by atoms with Crippen LogP contribution in [0.2, 0.25) is 5.28 Å². The number of alkyl halides is 3. The van der Waals surface area contributed by atoms with Crippen LogP contribution in [0.1, 0.15) is 30.4 Å². The minimum Gasteiger partial charge on any atom is -0.226 e. The van der Waals surface area contributed by atoms with Crippen molar-refractivity contribution in [2.45, 2.75) is 30.9 Å². The average Bonchev–Trinajstić information content (AvgIpc) is 2.46. The highest BCUT2D eigenvalue weighted by Crippen LogP contribution is 2.47. The lowest BCUT2D eigenvalue weighted by molar-refractivity contribution is -0.137. The van der Waals surface area contributed by atoms with E-state index >= 15 is 0 Å². The van der Waals surface area contributed by atoms with Gasteiger partial charge in [0, 0.05) is 11.8 Å². The first-order valence-corrected chi connectivity index (χ1v) is 7.35. The van der Waals surface area contributed by atoms with E-state index < -0.39 is 17.2 Å². The molecule has 1 aliphatic carbocycles. The predicted octanol–water partition coefficient (Wildman–Crippen LogP) is 4.76. The second-order valence-electron chi connectivity index (χ2n) is 5.52. The zero-order valence-electron chi connectivity index (χ0n) is 11.9. The van der Waals surface area contributed by atoms with E-state index in [9.17, 15) is 18.4 Å². The molecule has 1 heterocycles. The average molecular weight is 338 g/mol. The Bertz CT molecular complexity index is 792. The van der Waals surface area contributed by atoms with Crippen LogP contribution in [0.4, 0.5) is 13.2 Å². The van der Waals surface area contributed by atoms with Gasteiger partial charge in [-0.15, -0.1) is 0 Å². The second-order valence-corrected chi connectivity index (χ2v) is 5.85. The van der Waals surface area contributed by atoms with Crippen LogP contribution in [-0.2, 0) is 11.6 Å². The second kappa shape index (κ2) is 5.50. The van der Waals surface area contributed by atoms with Crippen molar-refractivity contribution >= 4 is 11.6 Å². The Morgan fingerprint density at radius 2 is 1.96 bits per heavy atom. The van der Waals surface area contributed by atoms with Gasteiger partial charge in [0.15, 0.2) is 0 Å². The van der Waals surface area contributed by atoms with Crippen LogP contribution in [0.5, 0.6) is 0 Å². The van der Waals surface area contributed by atoms with Gasteiger partial charge in [0.1, 0.15) is 0 Å². The van der Waals surface area contributed by atoms with Gasteiger partial charge >= 0.3 is 6.18 Å². The quantitative estimate of drug-likeness (QED) is 0.742. The molecule has 1 aromatic carbocycles. The van der Waals surface area contributed by atoms with Gasteiger partial charge in [0.25, 0.3) is 0 Å². The first-order chi connectivity index (χ1) is 10.9. The fourth-order valence-corrected chi connectivity index (χ4v) is 2.95. The number of hydrogen-bond acceptors (Lipinski definition) is 3. The fourth-order valence-electron chi connectivity index (χ4n) is 2.81. The van der Waals surface area contributed by atoms with E-state index in [1.807, 2.05) is 0 Å². The molecule has 0 atom stereocenters. The summed E-state index contributed by atoms with van der Waals surface area (Å²) in [5, 5.41) is 9.46. The van der Waals surface area contributed by atoms with Gasteiger partial charge in [-0.25, -0.2) is 9.97 Å². The maximum Gasteiger partial charge on any atom is 0.416 e. The summed E-state index contributed by atoms with van der Waals surface area (Å²) in [6, 6.07) is 7.18. The topological polar surface area (TPSA) is 49.6 Å². The van der Waals surface area contributed by atoms with Crippen LogP contribution in [-0.4, -0.2) is 9.97 Å². The highest BCUT2D eigenvalue weighted by atomic mass is 35.5. The summed E-state index contributed by atoms with van der Waals surface area (Å²) in [7, 11) is 0. The molecule has 3 nitrogen and oxygen atoms in total. The Morgan fingerprint density at radius 3 is 2.48 bits per heavy atom. The molecule has 3 rings (SSSR count). The molecule has 0 unspecified atom stereocenters. The van der Waals surface area contributed by atoms with Gasteiger partial charge in [0.2, 0.25) is 5.28 Å². The zero-order chi connectivity index (χ0) is 16.7. The molecule has 0 aliphatic heterocycles. The minimum absolute atomic E-state index is 0.0505. The van der Waals surface area contributed by atoms with Crippen molar-refractivity contribution in [3.05, 3.63) is 46.9 Å². The van der Waals surface area contributed by atoms with Crippen LogP contribution in [0.15, 0.2) is 30.5 Å². The summed E-state index contributed by atoms with van der Waals surface area (Å²) in [6.45, 7) is 0. The molecule has 0 N–H and O–H groups in total. The molecule has 0 saturated heterocycles. The molecular formula is C16H11ClF3N3. The first-order valence-electron chi connectivity index (χ1n) is 6.98. The molecular weight excluding hydrogens is 327 g/mol. The van der Waals surface area contributed by atoms with E-state index in [4.69, 9.17) is 11.6 Å². The SMILES string of the molecule is N#CC1(c2ccc(C(F)(F)F)cc2-c2ccnc(Cl)n2)CCC1. The van der Waals surface area contributed by atoms with Crippen LogP contribution in [0, 0.1) is 11.3 Å². The molecule has 0 radical (unpaired) electrons. The smallest absolute Gasteiger partial charge is 0.226 e. The number of aromatic nitrogens is 2. The van der Waals surface area contributed by atoms with Crippen LogP contribution in [0.25, 0.3) is 11.3 Å². The molecule has 23 heavy (non-hydrogen) atoms. The van der Waals surface area contributed by atoms with E-state index in [-0.39, 0.29) is 16.5 Å². The molecule has 1 aliphatic rings. The number of nitriles is 1. The van der Waals surface area contributed by atoms with Gasteiger partial charge in [-0.05, 0) is 54.6 Å². The summed E-state index contributed by atoms with van der Waals surface area (Å²) in [5.74, 6) is 0. The third kappa shape index (κ3) is 2.77. The molecule has 1 saturated carbocycles. The molecule has 1 aromatic heterocycles. The summed E-state index contributed by atoms with van der Waals surface area (Å²) in [4.78, 5) is 7.76. The van der Waals surface area contributed by atoms with Crippen molar-refractivity contribution in [3.63, 3.8) is 0 Å². The zero-order valence-corrected chi connectivity index (χ0v) is 12.6. The highest BCUT2D eigenvalue weighted by Gasteiger charge is 2.42. The summed E-state index contributed by atoms with van der Waals surface area (Å²) < 4.78 is 39.1. The van der Waals surface area contributed by atoms with Crippen LogP contribution >= 0.6 is 11.6 Å². The Morgan fingerprint density at radius 1 is 1.22 bits per heavy atom. The molecule has 0 bridgehead atoms. The maximum absolute atomic E-state index is 13.0. The van der Waals surface area contributed by atoms with Crippen molar-refractivity contribution in [1.29, 1.82) is 5.26 Å². The van der Waals surface area contributed by atoms with E-state index in [0.29, 0.717) is 18.4 Å².